The third-order valence-electron chi connectivity index (χ3n) is 2.39. The summed E-state index contributed by atoms with van der Waals surface area (Å²) in [4.78, 5) is 8.15. The predicted octanol–water partition coefficient (Wildman–Crippen LogP) is 3.22. The lowest BCUT2D eigenvalue weighted by Gasteiger charge is -2.08. The van der Waals surface area contributed by atoms with E-state index in [4.69, 9.17) is 4.74 Å². The van der Waals surface area contributed by atoms with Gasteiger partial charge < -0.3 is 4.74 Å². The highest BCUT2D eigenvalue weighted by molar-refractivity contribution is 9.10. The van der Waals surface area contributed by atoms with Crippen LogP contribution in [0.5, 0.6) is 5.75 Å². The molecule has 2 aromatic rings. The zero-order chi connectivity index (χ0) is 11.5. The van der Waals surface area contributed by atoms with E-state index in [1.165, 1.54) is 6.33 Å². The fraction of sp³-hybridized carbons (Fsp3) is 0.167. The number of methoxy groups -OCH3 is 1. The monoisotopic (exact) mass is 278 g/mol. The molecular formula is C12H11BrN2O. The average molecular weight is 279 g/mol. The number of aryl methyl sites for hydroxylation is 1. The van der Waals surface area contributed by atoms with Crippen LogP contribution < -0.4 is 4.74 Å². The number of hydrogen-bond acceptors (Lipinski definition) is 3. The summed E-state index contributed by atoms with van der Waals surface area (Å²) >= 11 is 3.42. The van der Waals surface area contributed by atoms with Gasteiger partial charge in [0.25, 0.3) is 0 Å². The van der Waals surface area contributed by atoms with Gasteiger partial charge in [-0.2, -0.15) is 0 Å². The van der Waals surface area contributed by atoms with Gasteiger partial charge in [-0.25, -0.2) is 9.97 Å². The SMILES string of the molecule is COc1ccc(-c2cncnc2Br)c(C)c1. The second-order valence-corrected chi connectivity index (χ2v) is 4.16. The van der Waals surface area contributed by atoms with E-state index in [-0.39, 0.29) is 0 Å². The topological polar surface area (TPSA) is 35.0 Å². The van der Waals surface area contributed by atoms with Gasteiger partial charge in [0.05, 0.1) is 7.11 Å². The first-order valence-corrected chi connectivity index (χ1v) is 5.62. The number of benzene rings is 1. The highest BCUT2D eigenvalue weighted by Gasteiger charge is 2.07. The van der Waals surface area contributed by atoms with Crippen molar-refractivity contribution in [3.05, 3.63) is 40.9 Å². The number of halogens is 1. The zero-order valence-electron chi connectivity index (χ0n) is 9.07. The lowest BCUT2D eigenvalue weighted by Crippen LogP contribution is -1.90. The third kappa shape index (κ3) is 2.07. The molecule has 2 rings (SSSR count). The minimum atomic E-state index is 0.802. The van der Waals surface area contributed by atoms with Crippen LogP contribution in [0.4, 0.5) is 0 Å². The first-order valence-electron chi connectivity index (χ1n) is 4.83. The predicted molar refractivity (Wildman–Crippen MR) is 66.5 cm³/mol. The van der Waals surface area contributed by atoms with Crippen molar-refractivity contribution in [2.75, 3.05) is 7.11 Å². The Balaban J connectivity index is 2.53. The molecule has 0 spiro atoms. The Morgan fingerprint density at radius 2 is 2.06 bits per heavy atom. The molecule has 4 heteroatoms. The van der Waals surface area contributed by atoms with Crippen molar-refractivity contribution in [2.45, 2.75) is 6.92 Å². The first-order chi connectivity index (χ1) is 7.72. The molecule has 0 saturated carbocycles. The van der Waals surface area contributed by atoms with E-state index in [9.17, 15) is 0 Å². The molecule has 0 N–H and O–H groups in total. The normalized spacial score (nSPS) is 10.2. The molecule has 16 heavy (non-hydrogen) atoms. The minimum absolute atomic E-state index is 0.802. The summed E-state index contributed by atoms with van der Waals surface area (Å²) in [5.41, 5.74) is 3.23. The van der Waals surface area contributed by atoms with Crippen molar-refractivity contribution >= 4 is 15.9 Å². The van der Waals surface area contributed by atoms with E-state index in [1.807, 2.05) is 25.1 Å². The van der Waals surface area contributed by atoms with Crippen LogP contribution in [0.3, 0.4) is 0 Å². The standard InChI is InChI=1S/C12H11BrN2O/c1-8-5-9(16-2)3-4-10(8)11-6-14-7-15-12(11)13/h3-7H,1-2H3. The summed E-state index contributed by atoms with van der Waals surface area (Å²) in [6.45, 7) is 2.04. The molecule has 1 heterocycles. The van der Waals surface area contributed by atoms with Crippen LogP contribution in [-0.2, 0) is 0 Å². The van der Waals surface area contributed by atoms with Crippen LogP contribution >= 0.6 is 15.9 Å². The quantitative estimate of drug-likeness (QED) is 0.792. The van der Waals surface area contributed by atoms with Gasteiger partial charge in [-0.15, -0.1) is 0 Å². The molecule has 1 aromatic carbocycles. The molecule has 0 aliphatic rings. The van der Waals surface area contributed by atoms with E-state index in [0.29, 0.717) is 0 Å². The molecule has 1 aromatic heterocycles. The Morgan fingerprint density at radius 1 is 1.25 bits per heavy atom. The van der Waals surface area contributed by atoms with E-state index in [1.54, 1.807) is 13.3 Å². The molecular weight excluding hydrogens is 268 g/mol. The Labute approximate surface area is 103 Å². The van der Waals surface area contributed by atoms with Crippen LogP contribution in [0.2, 0.25) is 0 Å². The lowest BCUT2D eigenvalue weighted by molar-refractivity contribution is 0.414. The van der Waals surface area contributed by atoms with E-state index in [0.717, 1.165) is 27.0 Å². The number of aromatic nitrogens is 2. The maximum absolute atomic E-state index is 5.17. The van der Waals surface area contributed by atoms with Crippen molar-refractivity contribution in [3.63, 3.8) is 0 Å². The number of rotatable bonds is 2. The molecule has 3 nitrogen and oxygen atoms in total. The Hall–Kier alpha value is -1.42. The Kier molecular flexibility index (Phi) is 3.19. The first kappa shape index (κ1) is 11.1. The van der Waals surface area contributed by atoms with Gasteiger partial charge in [0, 0.05) is 11.8 Å². The summed E-state index contributed by atoms with van der Waals surface area (Å²) in [6.07, 6.45) is 3.32. The Bertz CT molecular complexity index is 514. The largest absolute Gasteiger partial charge is 0.497 e. The highest BCUT2D eigenvalue weighted by Crippen LogP contribution is 2.30. The summed E-state index contributed by atoms with van der Waals surface area (Å²) in [5.74, 6) is 0.856. The summed E-state index contributed by atoms with van der Waals surface area (Å²) in [6, 6.07) is 5.94. The molecule has 0 saturated heterocycles. The fourth-order valence-electron chi connectivity index (χ4n) is 1.56. The molecule has 0 fully saturated rings. The number of ether oxygens (including phenoxy) is 1. The summed E-state index contributed by atoms with van der Waals surface area (Å²) in [7, 11) is 1.66. The molecule has 0 bridgehead atoms. The lowest BCUT2D eigenvalue weighted by atomic mass is 10.0. The van der Waals surface area contributed by atoms with Gasteiger partial charge in [-0.1, -0.05) is 6.07 Å². The Morgan fingerprint density at radius 3 is 2.69 bits per heavy atom. The van der Waals surface area contributed by atoms with Gasteiger partial charge >= 0.3 is 0 Å². The van der Waals surface area contributed by atoms with Crippen molar-refractivity contribution < 1.29 is 4.74 Å². The summed E-state index contributed by atoms with van der Waals surface area (Å²) in [5, 5.41) is 0. The number of nitrogens with zero attached hydrogens (tertiary/aromatic N) is 2. The van der Waals surface area contributed by atoms with Gasteiger partial charge in [0.15, 0.2) is 0 Å². The highest BCUT2D eigenvalue weighted by atomic mass is 79.9. The molecule has 0 unspecified atom stereocenters. The van der Waals surface area contributed by atoms with Crippen molar-refractivity contribution in [2.24, 2.45) is 0 Å². The van der Waals surface area contributed by atoms with Crippen LogP contribution in [-0.4, -0.2) is 17.1 Å². The van der Waals surface area contributed by atoms with E-state index in [2.05, 4.69) is 25.9 Å². The zero-order valence-corrected chi connectivity index (χ0v) is 10.7. The minimum Gasteiger partial charge on any atom is -0.497 e. The van der Waals surface area contributed by atoms with Crippen LogP contribution in [0.1, 0.15) is 5.56 Å². The van der Waals surface area contributed by atoms with Gasteiger partial charge in [-0.05, 0) is 46.1 Å². The van der Waals surface area contributed by atoms with Crippen molar-refractivity contribution in [3.8, 4) is 16.9 Å². The average Bonchev–Trinajstić information content (AvgIpc) is 2.30. The van der Waals surface area contributed by atoms with Crippen molar-refractivity contribution in [1.82, 2.24) is 9.97 Å². The van der Waals surface area contributed by atoms with Crippen LogP contribution in [0.15, 0.2) is 35.3 Å². The second-order valence-electron chi connectivity index (χ2n) is 3.41. The molecule has 0 aliphatic heterocycles. The summed E-state index contributed by atoms with van der Waals surface area (Å²) < 4.78 is 5.97. The third-order valence-corrected chi connectivity index (χ3v) is 3.02. The van der Waals surface area contributed by atoms with Gasteiger partial charge in [0.2, 0.25) is 0 Å². The second kappa shape index (κ2) is 4.61. The van der Waals surface area contributed by atoms with Gasteiger partial charge in [-0.3, -0.25) is 0 Å². The van der Waals surface area contributed by atoms with E-state index >= 15 is 0 Å². The molecule has 0 aliphatic carbocycles. The van der Waals surface area contributed by atoms with Crippen molar-refractivity contribution in [1.29, 1.82) is 0 Å². The smallest absolute Gasteiger partial charge is 0.119 e. The molecule has 0 amide bonds. The van der Waals surface area contributed by atoms with E-state index < -0.39 is 0 Å². The molecule has 82 valence electrons. The van der Waals surface area contributed by atoms with Crippen LogP contribution in [0, 0.1) is 6.92 Å². The molecule has 0 atom stereocenters. The van der Waals surface area contributed by atoms with Gasteiger partial charge in [0.1, 0.15) is 16.7 Å². The maximum atomic E-state index is 5.17. The fourth-order valence-corrected chi connectivity index (χ4v) is 1.97. The molecule has 0 radical (unpaired) electrons. The number of hydrogen-bond donors (Lipinski definition) is 0. The maximum Gasteiger partial charge on any atom is 0.119 e. The van der Waals surface area contributed by atoms with Crippen LogP contribution in [0.25, 0.3) is 11.1 Å².